The summed E-state index contributed by atoms with van der Waals surface area (Å²) < 4.78 is 4.62. The molecule has 1 saturated carbocycles. The lowest BCUT2D eigenvalue weighted by molar-refractivity contribution is -0.150. The number of ether oxygens (including phenoxy) is 1. The first kappa shape index (κ1) is 15.8. The summed E-state index contributed by atoms with van der Waals surface area (Å²) in [6.45, 7) is 2.55. The van der Waals surface area contributed by atoms with Crippen LogP contribution in [-0.2, 0) is 19.1 Å². The Labute approximate surface area is 123 Å². The van der Waals surface area contributed by atoms with Gasteiger partial charge in [-0.3, -0.25) is 19.3 Å². The van der Waals surface area contributed by atoms with E-state index >= 15 is 0 Å². The number of carboxylic acids is 1. The van der Waals surface area contributed by atoms with E-state index < -0.39 is 11.9 Å². The van der Waals surface area contributed by atoms with Crippen LogP contribution >= 0.6 is 0 Å². The lowest BCUT2D eigenvalue weighted by atomic mass is 9.94. The molecule has 0 radical (unpaired) electrons. The highest BCUT2D eigenvalue weighted by atomic mass is 16.5. The van der Waals surface area contributed by atoms with Crippen molar-refractivity contribution >= 4 is 17.8 Å². The fourth-order valence-corrected chi connectivity index (χ4v) is 3.16. The summed E-state index contributed by atoms with van der Waals surface area (Å²) >= 11 is 0. The van der Waals surface area contributed by atoms with Gasteiger partial charge in [0, 0.05) is 26.2 Å². The van der Waals surface area contributed by atoms with Crippen molar-refractivity contribution in [3.05, 3.63) is 0 Å². The number of carboxylic acid groups (broad SMARTS) is 1. The molecule has 0 aromatic carbocycles. The van der Waals surface area contributed by atoms with Gasteiger partial charge in [0.1, 0.15) is 0 Å². The van der Waals surface area contributed by atoms with Gasteiger partial charge in [0.15, 0.2) is 0 Å². The largest absolute Gasteiger partial charge is 0.481 e. The highest BCUT2D eigenvalue weighted by Gasteiger charge is 2.40. The molecule has 1 amide bonds. The second kappa shape index (κ2) is 6.89. The number of rotatable bonds is 4. The molecule has 1 aliphatic heterocycles. The molecule has 2 atom stereocenters. The van der Waals surface area contributed by atoms with Gasteiger partial charge in [0.2, 0.25) is 5.91 Å². The zero-order valence-electron chi connectivity index (χ0n) is 12.3. The van der Waals surface area contributed by atoms with Crippen LogP contribution in [-0.4, -0.2) is 72.6 Å². The Morgan fingerprint density at radius 1 is 1.10 bits per heavy atom. The topological polar surface area (TPSA) is 87.2 Å². The SMILES string of the molecule is COC(=O)CN1CCN(C(=O)[C@@H]2CCC[C@@H]2C(=O)O)CC1. The highest BCUT2D eigenvalue weighted by Crippen LogP contribution is 2.33. The van der Waals surface area contributed by atoms with E-state index in [1.54, 1.807) is 4.90 Å². The van der Waals surface area contributed by atoms with Gasteiger partial charge in [-0.05, 0) is 12.8 Å². The predicted molar refractivity (Wildman–Crippen MR) is 73.5 cm³/mol. The van der Waals surface area contributed by atoms with Crippen molar-refractivity contribution in [2.75, 3.05) is 39.8 Å². The number of nitrogens with zero attached hydrogens (tertiary/aromatic N) is 2. The van der Waals surface area contributed by atoms with Gasteiger partial charge in [-0.15, -0.1) is 0 Å². The Balaban J connectivity index is 1.85. The van der Waals surface area contributed by atoms with Gasteiger partial charge < -0.3 is 14.7 Å². The van der Waals surface area contributed by atoms with Gasteiger partial charge in [0.25, 0.3) is 0 Å². The summed E-state index contributed by atoms with van der Waals surface area (Å²) in [5.41, 5.74) is 0. The number of carbonyl (C=O) groups excluding carboxylic acids is 2. The maximum Gasteiger partial charge on any atom is 0.319 e. The van der Waals surface area contributed by atoms with Crippen LogP contribution in [0, 0.1) is 11.8 Å². The average molecular weight is 298 g/mol. The standard InChI is InChI=1S/C14H22N2O5/c1-21-12(17)9-15-5-7-16(8-6-15)13(18)10-3-2-4-11(10)14(19)20/h10-11H,2-9H2,1H3,(H,19,20)/t10-,11+/m1/s1. The van der Waals surface area contributed by atoms with E-state index in [2.05, 4.69) is 4.74 Å². The summed E-state index contributed by atoms with van der Waals surface area (Å²) in [5, 5.41) is 9.17. The fourth-order valence-electron chi connectivity index (χ4n) is 3.16. The Morgan fingerprint density at radius 3 is 2.29 bits per heavy atom. The molecule has 7 nitrogen and oxygen atoms in total. The molecule has 1 heterocycles. The third kappa shape index (κ3) is 3.72. The predicted octanol–water partition coefficient (Wildman–Crippen LogP) is -0.195. The fraction of sp³-hybridized carbons (Fsp3) is 0.786. The smallest absolute Gasteiger partial charge is 0.319 e. The van der Waals surface area contributed by atoms with E-state index in [1.807, 2.05) is 4.90 Å². The van der Waals surface area contributed by atoms with E-state index in [1.165, 1.54) is 7.11 Å². The van der Waals surface area contributed by atoms with Crippen molar-refractivity contribution in [1.29, 1.82) is 0 Å². The van der Waals surface area contributed by atoms with E-state index in [9.17, 15) is 14.4 Å². The molecule has 0 aromatic rings. The number of methoxy groups -OCH3 is 1. The van der Waals surface area contributed by atoms with Crippen molar-refractivity contribution in [1.82, 2.24) is 9.80 Å². The number of piperazine rings is 1. The first-order valence-corrected chi connectivity index (χ1v) is 7.33. The first-order valence-electron chi connectivity index (χ1n) is 7.33. The van der Waals surface area contributed by atoms with Crippen molar-refractivity contribution in [2.24, 2.45) is 11.8 Å². The highest BCUT2D eigenvalue weighted by molar-refractivity contribution is 5.85. The Kier molecular flexibility index (Phi) is 5.17. The summed E-state index contributed by atoms with van der Waals surface area (Å²) in [4.78, 5) is 38.5. The van der Waals surface area contributed by atoms with Crippen LogP contribution in [0.25, 0.3) is 0 Å². The van der Waals surface area contributed by atoms with Crippen LogP contribution in [0.1, 0.15) is 19.3 Å². The molecule has 1 saturated heterocycles. The average Bonchev–Trinajstić information content (AvgIpc) is 2.96. The summed E-state index contributed by atoms with van der Waals surface area (Å²) in [5.74, 6) is -2.11. The minimum atomic E-state index is -0.866. The quantitative estimate of drug-likeness (QED) is 0.724. The van der Waals surface area contributed by atoms with Gasteiger partial charge >= 0.3 is 11.9 Å². The van der Waals surface area contributed by atoms with Crippen molar-refractivity contribution in [2.45, 2.75) is 19.3 Å². The molecule has 7 heteroatoms. The molecule has 118 valence electrons. The Morgan fingerprint density at radius 2 is 1.71 bits per heavy atom. The van der Waals surface area contributed by atoms with Gasteiger partial charge in [0.05, 0.1) is 25.5 Å². The molecule has 0 spiro atoms. The van der Waals surface area contributed by atoms with Crippen LogP contribution in [0.2, 0.25) is 0 Å². The lowest BCUT2D eigenvalue weighted by Gasteiger charge is -2.35. The van der Waals surface area contributed by atoms with Crippen LogP contribution in [0.5, 0.6) is 0 Å². The maximum atomic E-state index is 12.5. The lowest BCUT2D eigenvalue weighted by Crippen LogP contribution is -2.52. The minimum Gasteiger partial charge on any atom is -0.481 e. The van der Waals surface area contributed by atoms with Crippen LogP contribution in [0.15, 0.2) is 0 Å². The molecule has 0 bridgehead atoms. The second-order valence-corrected chi connectivity index (χ2v) is 5.66. The number of aliphatic carboxylic acids is 1. The van der Waals surface area contributed by atoms with Crippen LogP contribution in [0.4, 0.5) is 0 Å². The number of amides is 1. The van der Waals surface area contributed by atoms with Crippen molar-refractivity contribution < 1.29 is 24.2 Å². The number of esters is 1. The number of hydrogen-bond donors (Lipinski definition) is 1. The van der Waals surface area contributed by atoms with Crippen molar-refractivity contribution in [3.63, 3.8) is 0 Å². The van der Waals surface area contributed by atoms with Gasteiger partial charge in [-0.2, -0.15) is 0 Å². The summed E-state index contributed by atoms with van der Waals surface area (Å²) in [7, 11) is 1.36. The monoisotopic (exact) mass is 298 g/mol. The summed E-state index contributed by atoms with van der Waals surface area (Å²) in [6.07, 6.45) is 2.06. The normalized spacial score (nSPS) is 26.6. The number of carbonyl (C=O) groups is 3. The molecular weight excluding hydrogens is 276 g/mol. The second-order valence-electron chi connectivity index (χ2n) is 5.66. The molecule has 2 rings (SSSR count). The summed E-state index contributed by atoms with van der Waals surface area (Å²) in [6, 6.07) is 0. The molecule has 21 heavy (non-hydrogen) atoms. The molecule has 0 unspecified atom stereocenters. The van der Waals surface area contributed by atoms with E-state index in [4.69, 9.17) is 5.11 Å². The zero-order chi connectivity index (χ0) is 15.4. The van der Waals surface area contributed by atoms with Gasteiger partial charge in [-0.25, -0.2) is 0 Å². The van der Waals surface area contributed by atoms with E-state index in [0.717, 1.165) is 6.42 Å². The third-order valence-electron chi connectivity index (χ3n) is 4.41. The minimum absolute atomic E-state index is 0.0439. The zero-order valence-corrected chi connectivity index (χ0v) is 12.3. The van der Waals surface area contributed by atoms with Gasteiger partial charge in [-0.1, -0.05) is 6.42 Å². The Bertz CT molecular complexity index is 418. The maximum absolute atomic E-state index is 12.5. The molecule has 0 aromatic heterocycles. The molecule has 2 aliphatic rings. The van der Waals surface area contributed by atoms with Crippen LogP contribution in [0.3, 0.4) is 0 Å². The Hall–Kier alpha value is -1.63. The molecule has 2 fully saturated rings. The van der Waals surface area contributed by atoms with Crippen LogP contribution < -0.4 is 0 Å². The van der Waals surface area contributed by atoms with E-state index in [-0.39, 0.29) is 24.3 Å². The third-order valence-corrected chi connectivity index (χ3v) is 4.41. The number of hydrogen-bond acceptors (Lipinski definition) is 5. The van der Waals surface area contributed by atoms with E-state index in [0.29, 0.717) is 39.0 Å². The molecular formula is C14H22N2O5. The molecule has 1 aliphatic carbocycles. The molecule has 1 N–H and O–H groups in total. The van der Waals surface area contributed by atoms with Crippen molar-refractivity contribution in [3.8, 4) is 0 Å². The first-order chi connectivity index (χ1) is 10.0.